The van der Waals surface area contributed by atoms with Crippen molar-refractivity contribution in [2.24, 2.45) is 5.92 Å². The average molecular weight is 362 g/mol. The number of rotatable bonds is 3. The van der Waals surface area contributed by atoms with Crippen LogP contribution in [-0.2, 0) is 4.74 Å². The van der Waals surface area contributed by atoms with Gasteiger partial charge in [0.05, 0.1) is 6.10 Å². The summed E-state index contributed by atoms with van der Waals surface area (Å²) >= 11 is 0. The van der Waals surface area contributed by atoms with Crippen LogP contribution in [0.2, 0.25) is 0 Å². The van der Waals surface area contributed by atoms with Crippen LogP contribution in [-0.4, -0.2) is 12.6 Å². The Morgan fingerprint density at radius 3 is 2.08 bits per heavy atom. The van der Waals surface area contributed by atoms with Gasteiger partial charge in [-0.2, -0.15) is 4.39 Å². The van der Waals surface area contributed by atoms with Crippen molar-refractivity contribution in [2.45, 2.75) is 39.7 Å². The van der Waals surface area contributed by atoms with Crippen molar-refractivity contribution >= 4 is 6.04 Å². The van der Waals surface area contributed by atoms with E-state index in [0.717, 1.165) is 48.3 Å². The highest BCUT2D eigenvalue weighted by atomic mass is 19.2. The van der Waals surface area contributed by atoms with Gasteiger partial charge in [-0.3, -0.25) is 4.79 Å². The lowest BCUT2D eigenvalue weighted by atomic mass is 9.89. The molecule has 1 fully saturated rings. The number of ether oxygens (including phenoxy) is 1. The van der Waals surface area contributed by atoms with Gasteiger partial charge in [-0.15, -0.1) is 0 Å². The van der Waals surface area contributed by atoms with E-state index in [-0.39, 0.29) is 11.7 Å². The van der Waals surface area contributed by atoms with Crippen LogP contribution in [0, 0.1) is 31.4 Å². The first kappa shape index (κ1) is 18.6. The molecule has 1 aliphatic rings. The SMILES string of the molecule is Cc1cc(C2CCC(C)CO2)cc(C)c1-c1cc(F)c(C(=O)F)c(F)c1. The van der Waals surface area contributed by atoms with E-state index < -0.39 is 23.2 Å². The molecule has 138 valence electrons. The summed E-state index contributed by atoms with van der Waals surface area (Å²) in [5.41, 5.74) is 2.55. The summed E-state index contributed by atoms with van der Waals surface area (Å²) in [6, 6.07) is 3.83. The second-order valence-corrected chi connectivity index (χ2v) is 7.12. The zero-order chi connectivity index (χ0) is 19.0. The van der Waals surface area contributed by atoms with Crippen LogP contribution < -0.4 is 0 Å². The van der Waals surface area contributed by atoms with Crippen LogP contribution in [0.1, 0.15) is 52.9 Å². The zero-order valence-corrected chi connectivity index (χ0v) is 15.0. The van der Waals surface area contributed by atoms with E-state index in [1.54, 1.807) is 0 Å². The number of hydrogen-bond acceptors (Lipinski definition) is 2. The Balaban J connectivity index is 2.00. The lowest BCUT2D eigenvalue weighted by Gasteiger charge is -2.28. The highest BCUT2D eigenvalue weighted by molar-refractivity contribution is 5.90. The number of benzene rings is 2. The Morgan fingerprint density at radius 1 is 1.04 bits per heavy atom. The normalized spacial score (nSPS) is 20.2. The van der Waals surface area contributed by atoms with E-state index in [9.17, 15) is 18.0 Å². The summed E-state index contributed by atoms with van der Waals surface area (Å²) in [5.74, 6) is -1.84. The largest absolute Gasteiger partial charge is 0.373 e. The Morgan fingerprint density at radius 2 is 1.62 bits per heavy atom. The molecular weight excluding hydrogens is 341 g/mol. The molecule has 2 unspecified atom stereocenters. The summed E-state index contributed by atoms with van der Waals surface area (Å²) in [6.07, 6.45) is 2.06. The van der Waals surface area contributed by atoms with Gasteiger partial charge in [-0.1, -0.05) is 19.1 Å². The predicted octanol–water partition coefficient (Wildman–Crippen LogP) is 5.85. The highest BCUT2D eigenvalue weighted by Gasteiger charge is 2.23. The molecule has 2 aromatic rings. The Labute approximate surface area is 151 Å². The van der Waals surface area contributed by atoms with Gasteiger partial charge in [0.2, 0.25) is 0 Å². The number of carbonyl (C=O) groups is 1. The molecule has 1 saturated heterocycles. The van der Waals surface area contributed by atoms with E-state index in [1.165, 1.54) is 0 Å². The van der Waals surface area contributed by atoms with Gasteiger partial charge in [0, 0.05) is 6.61 Å². The number of aryl methyl sites for hydroxylation is 2. The molecule has 0 radical (unpaired) electrons. The summed E-state index contributed by atoms with van der Waals surface area (Å²) in [6.45, 7) is 6.60. The number of hydrogen-bond donors (Lipinski definition) is 0. The fourth-order valence-electron chi connectivity index (χ4n) is 3.69. The van der Waals surface area contributed by atoms with Crippen LogP contribution in [0.5, 0.6) is 0 Å². The van der Waals surface area contributed by atoms with E-state index in [0.29, 0.717) is 11.5 Å². The first-order valence-corrected chi connectivity index (χ1v) is 8.70. The van der Waals surface area contributed by atoms with Gasteiger partial charge < -0.3 is 4.74 Å². The fourth-order valence-corrected chi connectivity index (χ4v) is 3.69. The predicted molar refractivity (Wildman–Crippen MR) is 93.8 cm³/mol. The van der Waals surface area contributed by atoms with Crippen LogP contribution >= 0.6 is 0 Å². The van der Waals surface area contributed by atoms with Crippen LogP contribution in [0.15, 0.2) is 24.3 Å². The summed E-state index contributed by atoms with van der Waals surface area (Å²) in [5, 5.41) is 0. The van der Waals surface area contributed by atoms with Crippen LogP contribution in [0.3, 0.4) is 0 Å². The first-order chi connectivity index (χ1) is 12.3. The van der Waals surface area contributed by atoms with E-state index in [1.807, 2.05) is 26.0 Å². The molecule has 2 aromatic carbocycles. The third-order valence-corrected chi connectivity index (χ3v) is 4.96. The second kappa shape index (κ2) is 7.23. The first-order valence-electron chi connectivity index (χ1n) is 8.70. The van der Waals surface area contributed by atoms with E-state index in [4.69, 9.17) is 4.74 Å². The third kappa shape index (κ3) is 3.54. The van der Waals surface area contributed by atoms with Crippen molar-refractivity contribution in [2.75, 3.05) is 6.61 Å². The van der Waals surface area contributed by atoms with Crippen LogP contribution in [0.25, 0.3) is 11.1 Å². The average Bonchev–Trinajstić information content (AvgIpc) is 2.53. The molecule has 2 atom stereocenters. The van der Waals surface area contributed by atoms with Gasteiger partial charge in [-0.25, -0.2) is 8.78 Å². The van der Waals surface area contributed by atoms with Crippen LogP contribution in [0.4, 0.5) is 13.2 Å². The van der Waals surface area contributed by atoms with Crippen molar-refractivity contribution in [1.82, 2.24) is 0 Å². The summed E-state index contributed by atoms with van der Waals surface area (Å²) in [4.78, 5) is 10.8. The zero-order valence-electron chi connectivity index (χ0n) is 15.0. The Kier molecular flexibility index (Phi) is 5.19. The maximum atomic E-state index is 14.0. The van der Waals surface area contributed by atoms with Crippen molar-refractivity contribution < 1.29 is 22.7 Å². The lowest BCUT2D eigenvalue weighted by Crippen LogP contribution is -2.18. The van der Waals surface area contributed by atoms with Gasteiger partial charge in [0.25, 0.3) is 0 Å². The molecule has 1 heterocycles. The van der Waals surface area contributed by atoms with Crippen molar-refractivity contribution in [1.29, 1.82) is 0 Å². The third-order valence-electron chi connectivity index (χ3n) is 4.96. The molecule has 0 amide bonds. The molecule has 5 heteroatoms. The van der Waals surface area contributed by atoms with Gasteiger partial charge in [-0.05, 0) is 72.6 Å². The molecule has 0 N–H and O–H groups in total. The summed E-state index contributed by atoms with van der Waals surface area (Å²) in [7, 11) is 0. The van der Waals surface area contributed by atoms with Gasteiger partial charge in [0.15, 0.2) is 0 Å². The molecule has 1 aliphatic heterocycles. The van der Waals surface area contributed by atoms with E-state index >= 15 is 0 Å². The molecule has 0 spiro atoms. The quantitative estimate of drug-likeness (QED) is 0.641. The molecule has 0 saturated carbocycles. The van der Waals surface area contributed by atoms with Crippen molar-refractivity contribution in [3.05, 3.63) is 58.2 Å². The highest BCUT2D eigenvalue weighted by Crippen LogP contribution is 2.36. The lowest BCUT2D eigenvalue weighted by molar-refractivity contribution is -0.0124. The topological polar surface area (TPSA) is 26.3 Å². The Hall–Kier alpha value is -2.14. The maximum Gasteiger partial charge on any atom is 0.338 e. The van der Waals surface area contributed by atoms with Crippen molar-refractivity contribution in [3.63, 3.8) is 0 Å². The van der Waals surface area contributed by atoms with Gasteiger partial charge in [0.1, 0.15) is 17.2 Å². The molecule has 0 aliphatic carbocycles. The molecular formula is C21H21F3O2. The number of carbonyl (C=O) groups excluding carboxylic acids is 1. The second-order valence-electron chi connectivity index (χ2n) is 7.12. The summed E-state index contributed by atoms with van der Waals surface area (Å²) < 4.78 is 46.7. The Bertz CT molecular complexity index is 806. The molecule has 2 nitrogen and oxygen atoms in total. The van der Waals surface area contributed by atoms with Crippen molar-refractivity contribution in [3.8, 4) is 11.1 Å². The monoisotopic (exact) mass is 362 g/mol. The maximum absolute atomic E-state index is 14.0. The standard InChI is InChI=1S/C21H21F3O2/c1-11-4-5-18(26-10-11)14-6-12(2)19(13(3)7-14)15-8-16(22)20(21(24)25)17(23)9-15/h6-9,11,18H,4-5,10H2,1-3H3. The molecule has 0 bridgehead atoms. The minimum atomic E-state index is -2.11. The smallest absolute Gasteiger partial charge is 0.338 e. The number of halogens is 3. The fraction of sp³-hybridized carbons (Fsp3) is 0.381. The van der Waals surface area contributed by atoms with E-state index in [2.05, 4.69) is 6.92 Å². The van der Waals surface area contributed by atoms with Gasteiger partial charge >= 0.3 is 6.04 Å². The minimum Gasteiger partial charge on any atom is -0.373 e. The molecule has 3 rings (SSSR count). The molecule has 0 aromatic heterocycles. The minimum absolute atomic E-state index is 0.0256. The molecule has 26 heavy (non-hydrogen) atoms.